The van der Waals surface area contributed by atoms with Crippen LogP contribution in [0, 0.1) is 6.92 Å². The number of nitrogens with zero attached hydrogens (tertiary/aromatic N) is 1. The summed E-state index contributed by atoms with van der Waals surface area (Å²) in [7, 11) is 0. The average molecular weight is 466 g/mol. The van der Waals surface area contributed by atoms with Gasteiger partial charge in [0.15, 0.2) is 0 Å². The van der Waals surface area contributed by atoms with Crippen LogP contribution in [0.5, 0.6) is 5.75 Å². The number of aliphatic hydroxyl groups is 1. The van der Waals surface area contributed by atoms with Gasteiger partial charge in [0, 0.05) is 12.1 Å². The zero-order valence-electron chi connectivity index (χ0n) is 20.9. The molecule has 1 aliphatic rings. The molecule has 1 aliphatic heterocycles. The van der Waals surface area contributed by atoms with Crippen molar-refractivity contribution < 1.29 is 24.2 Å². The largest absolute Gasteiger partial charge is 0.507 e. The second-order valence-electron chi connectivity index (χ2n) is 9.15. The van der Waals surface area contributed by atoms with E-state index in [2.05, 4.69) is 13.8 Å². The topological polar surface area (TPSA) is 76.1 Å². The number of hydrogen-bond acceptors (Lipinski definition) is 5. The summed E-state index contributed by atoms with van der Waals surface area (Å²) in [5.74, 6) is -0.437. The Morgan fingerprint density at radius 2 is 1.74 bits per heavy atom. The molecule has 6 heteroatoms. The maximum atomic E-state index is 13.2. The van der Waals surface area contributed by atoms with Crippen molar-refractivity contribution in [1.82, 2.24) is 4.90 Å². The van der Waals surface area contributed by atoms with Crippen molar-refractivity contribution in [3.05, 3.63) is 70.3 Å². The first-order valence-corrected chi connectivity index (χ1v) is 11.9. The fourth-order valence-electron chi connectivity index (χ4n) is 4.18. The minimum Gasteiger partial charge on any atom is -0.507 e. The van der Waals surface area contributed by atoms with E-state index in [0.717, 1.165) is 16.7 Å². The molecule has 0 saturated carbocycles. The van der Waals surface area contributed by atoms with Crippen LogP contribution in [0.2, 0.25) is 0 Å². The monoisotopic (exact) mass is 465 g/mol. The molecule has 1 fully saturated rings. The molecule has 1 heterocycles. The van der Waals surface area contributed by atoms with E-state index in [1.807, 2.05) is 52.0 Å². The van der Waals surface area contributed by atoms with E-state index in [1.165, 1.54) is 4.90 Å². The van der Waals surface area contributed by atoms with Gasteiger partial charge in [0.05, 0.1) is 30.9 Å². The minimum absolute atomic E-state index is 0.00688. The van der Waals surface area contributed by atoms with Crippen LogP contribution in [0.15, 0.2) is 48.0 Å². The van der Waals surface area contributed by atoms with Gasteiger partial charge in [-0.3, -0.25) is 9.59 Å². The number of amides is 1. The number of ketones is 1. The maximum absolute atomic E-state index is 13.2. The van der Waals surface area contributed by atoms with Crippen LogP contribution in [0.25, 0.3) is 5.76 Å². The summed E-state index contributed by atoms with van der Waals surface area (Å²) >= 11 is 0. The molecular weight excluding hydrogens is 430 g/mol. The predicted octanol–water partition coefficient (Wildman–Crippen LogP) is 5.36. The second-order valence-corrected chi connectivity index (χ2v) is 9.15. The van der Waals surface area contributed by atoms with Crippen molar-refractivity contribution in [2.45, 2.75) is 59.6 Å². The smallest absolute Gasteiger partial charge is 0.295 e. The molecule has 0 bridgehead atoms. The fourth-order valence-corrected chi connectivity index (χ4v) is 4.18. The lowest BCUT2D eigenvalue weighted by Gasteiger charge is -2.26. The number of rotatable bonds is 9. The number of carbonyl (C=O) groups excluding carboxylic acids is 2. The molecular formula is C28H35NO5. The van der Waals surface area contributed by atoms with Crippen LogP contribution in [0.1, 0.15) is 68.8 Å². The zero-order chi connectivity index (χ0) is 25.0. The Morgan fingerprint density at radius 3 is 2.29 bits per heavy atom. The molecule has 0 aliphatic carbocycles. The van der Waals surface area contributed by atoms with E-state index in [9.17, 15) is 14.7 Å². The van der Waals surface area contributed by atoms with Gasteiger partial charge < -0.3 is 19.5 Å². The second kappa shape index (κ2) is 10.9. The van der Waals surface area contributed by atoms with Gasteiger partial charge in [-0.15, -0.1) is 0 Å². The molecule has 0 aromatic heterocycles. The SMILES string of the molecule is CCOc1ccc(/C(O)=C2/C(=O)C(=O)N(CCOC(C)C)C2c2ccc(C(C)C)cc2)cc1C. The Bertz CT molecular complexity index is 1070. The van der Waals surface area contributed by atoms with E-state index in [1.54, 1.807) is 18.2 Å². The van der Waals surface area contributed by atoms with E-state index in [4.69, 9.17) is 9.47 Å². The predicted molar refractivity (Wildman–Crippen MR) is 133 cm³/mol. The maximum Gasteiger partial charge on any atom is 0.295 e. The number of aliphatic hydroxyl groups excluding tert-OH is 1. The molecule has 1 saturated heterocycles. The highest BCUT2D eigenvalue weighted by Gasteiger charge is 2.45. The van der Waals surface area contributed by atoms with Gasteiger partial charge in [-0.05, 0) is 68.5 Å². The number of Topliss-reactive ketones (excluding diaryl/α,β-unsaturated/α-hetero) is 1. The Hall–Kier alpha value is -3.12. The summed E-state index contributed by atoms with van der Waals surface area (Å²) in [5.41, 5.74) is 3.34. The van der Waals surface area contributed by atoms with Gasteiger partial charge in [0.1, 0.15) is 11.5 Å². The summed E-state index contributed by atoms with van der Waals surface area (Å²) in [6, 6.07) is 12.4. The van der Waals surface area contributed by atoms with Crippen LogP contribution in [-0.4, -0.2) is 47.6 Å². The zero-order valence-corrected chi connectivity index (χ0v) is 20.9. The highest BCUT2D eigenvalue weighted by Crippen LogP contribution is 2.40. The van der Waals surface area contributed by atoms with Gasteiger partial charge in [0.25, 0.3) is 11.7 Å². The van der Waals surface area contributed by atoms with Gasteiger partial charge in [-0.2, -0.15) is 0 Å². The van der Waals surface area contributed by atoms with Gasteiger partial charge >= 0.3 is 0 Å². The van der Waals surface area contributed by atoms with Gasteiger partial charge in [-0.25, -0.2) is 0 Å². The van der Waals surface area contributed by atoms with Crippen LogP contribution < -0.4 is 4.74 Å². The third kappa shape index (κ3) is 5.33. The number of hydrogen-bond donors (Lipinski definition) is 1. The number of aryl methyl sites for hydroxylation is 1. The summed E-state index contributed by atoms with van der Waals surface area (Å²) in [5, 5.41) is 11.3. The molecule has 6 nitrogen and oxygen atoms in total. The van der Waals surface area contributed by atoms with Crippen molar-refractivity contribution in [3.63, 3.8) is 0 Å². The number of carbonyl (C=O) groups is 2. The number of ether oxygens (including phenoxy) is 2. The Morgan fingerprint density at radius 1 is 1.06 bits per heavy atom. The first-order valence-electron chi connectivity index (χ1n) is 11.9. The lowest BCUT2D eigenvalue weighted by molar-refractivity contribution is -0.140. The van der Waals surface area contributed by atoms with Crippen LogP contribution >= 0.6 is 0 Å². The first kappa shape index (κ1) is 25.5. The van der Waals surface area contributed by atoms with Crippen molar-refractivity contribution >= 4 is 17.4 Å². The Balaban J connectivity index is 2.09. The number of likely N-dealkylation sites (tertiary alicyclic amines) is 1. The van der Waals surface area contributed by atoms with Crippen molar-refractivity contribution in [2.24, 2.45) is 0 Å². The molecule has 1 amide bonds. The van der Waals surface area contributed by atoms with Crippen molar-refractivity contribution in [2.75, 3.05) is 19.8 Å². The van der Waals surface area contributed by atoms with E-state index in [0.29, 0.717) is 30.4 Å². The first-order chi connectivity index (χ1) is 16.1. The molecule has 1 N–H and O–H groups in total. The summed E-state index contributed by atoms with van der Waals surface area (Å²) in [6.45, 7) is 12.9. The van der Waals surface area contributed by atoms with E-state index < -0.39 is 17.7 Å². The van der Waals surface area contributed by atoms with Crippen LogP contribution in [-0.2, 0) is 14.3 Å². The third-order valence-corrected chi connectivity index (χ3v) is 5.99. The quantitative estimate of drug-likeness (QED) is 0.306. The Kier molecular flexibility index (Phi) is 8.15. The standard InChI is InChI=1S/C28H35NO5/c1-7-33-23-13-12-22(16-19(23)6)26(30)24-25(21-10-8-20(9-11-21)17(2)3)29(28(32)27(24)31)14-15-34-18(4)5/h8-13,16-18,25,30H,7,14-15H2,1-6H3/b26-24-. The average Bonchev–Trinajstić information content (AvgIpc) is 3.05. The minimum atomic E-state index is -0.691. The van der Waals surface area contributed by atoms with E-state index in [-0.39, 0.29) is 24.0 Å². The van der Waals surface area contributed by atoms with E-state index >= 15 is 0 Å². The molecule has 0 radical (unpaired) electrons. The fraction of sp³-hybridized carbons (Fsp3) is 0.429. The summed E-state index contributed by atoms with van der Waals surface area (Å²) in [6.07, 6.45) is 0.00688. The lowest BCUT2D eigenvalue weighted by Crippen LogP contribution is -2.33. The molecule has 0 spiro atoms. The van der Waals surface area contributed by atoms with Crippen LogP contribution in [0.4, 0.5) is 0 Å². The Labute approximate surface area is 202 Å². The third-order valence-electron chi connectivity index (χ3n) is 5.99. The highest BCUT2D eigenvalue weighted by molar-refractivity contribution is 6.46. The lowest BCUT2D eigenvalue weighted by atomic mass is 9.93. The molecule has 3 rings (SSSR count). The van der Waals surface area contributed by atoms with Gasteiger partial charge in [-0.1, -0.05) is 38.1 Å². The normalized spacial score (nSPS) is 17.8. The van der Waals surface area contributed by atoms with Crippen molar-refractivity contribution in [1.29, 1.82) is 0 Å². The van der Waals surface area contributed by atoms with Gasteiger partial charge in [0.2, 0.25) is 0 Å². The molecule has 1 atom stereocenters. The molecule has 2 aromatic carbocycles. The number of benzene rings is 2. The molecule has 34 heavy (non-hydrogen) atoms. The van der Waals surface area contributed by atoms with Crippen LogP contribution in [0.3, 0.4) is 0 Å². The summed E-state index contributed by atoms with van der Waals surface area (Å²) in [4.78, 5) is 27.7. The molecule has 1 unspecified atom stereocenters. The summed E-state index contributed by atoms with van der Waals surface area (Å²) < 4.78 is 11.3. The molecule has 2 aromatic rings. The van der Waals surface area contributed by atoms with Crippen molar-refractivity contribution in [3.8, 4) is 5.75 Å². The molecule has 182 valence electrons. The highest BCUT2D eigenvalue weighted by atomic mass is 16.5.